The van der Waals surface area contributed by atoms with Gasteiger partial charge in [-0.15, -0.1) is 0 Å². The number of nitrogens with zero attached hydrogens (tertiary/aromatic N) is 6. The molecule has 0 spiro atoms. The number of aromatic nitrogens is 5. The van der Waals surface area contributed by atoms with Crippen LogP contribution in [0.1, 0.15) is 38.5 Å². The Kier molecular flexibility index (Phi) is 6.70. The fourth-order valence-electron chi connectivity index (χ4n) is 5.06. The van der Waals surface area contributed by atoms with E-state index in [0.29, 0.717) is 34.7 Å². The van der Waals surface area contributed by atoms with Gasteiger partial charge in [-0.3, -0.25) is 0 Å². The Morgan fingerprint density at radius 3 is 2.89 bits per heavy atom. The number of aryl methyl sites for hydroxylation is 1. The Morgan fingerprint density at radius 1 is 1.23 bits per heavy atom. The van der Waals surface area contributed by atoms with Crippen LogP contribution in [0.5, 0.6) is 0 Å². The molecule has 5 rings (SSSR count). The van der Waals surface area contributed by atoms with Crippen LogP contribution in [0, 0.1) is 5.82 Å². The molecule has 35 heavy (non-hydrogen) atoms. The molecule has 1 aliphatic carbocycles. The Bertz CT molecular complexity index is 1240. The average molecular weight is 503 g/mol. The molecule has 10 nitrogen and oxygen atoms in total. The van der Waals surface area contributed by atoms with E-state index in [1.165, 1.54) is 0 Å². The van der Waals surface area contributed by atoms with Gasteiger partial charge in [-0.2, -0.15) is 5.10 Å². The van der Waals surface area contributed by atoms with Gasteiger partial charge in [-0.1, -0.05) is 11.6 Å². The third kappa shape index (κ3) is 4.87. The molecular formula is C23H28ClFN8O2. The van der Waals surface area contributed by atoms with Crippen LogP contribution in [-0.2, 0) is 7.05 Å². The molecular weight excluding hydrogens is 475 g/mol. The molecule has 186 valence electrons. The van der Waals surface area contributed by atoms with Crippen molar-refractivity contribution in [2.75, 3.05) is 18.5 Å². The number of carbonyl (C=O) groups excluding carboxylic acids is 1. The van der Waals surface area contributed by atoms with Crippen LogP contribution in [0.2, 0.25) is 5.02 Å². The van der Waals surface area contributed by atoms with E-state index in [-0.39, 0.29) is 42.4 Å². The van der Waals surface area contributed by atoms with Crippen molar-refractivity contribution in [2.45, 2.75) is 56.7 Å². The predicted molar refractivity (Wildman–Crippen MR) is 130 cm³/mol. The van der Waals surface area contributed by atoms with E-state index in [4.69, 9.17) is 11.6 Å². The van der Waals surface area contributed by atoms with E-state index in [1.54, 1.807) is 28.9 Å². The van der Waals surface area contributed by atoms with Crippen LogP contribution < -0.4 is 10.6 Å². The molecule has 4 heterocycles. The summed E-state index contributed by atoms with van der Waals surface area (Å²) in [6.07, 6.45) is 7.62. The monoisotopic (exact) mass is 502 g/mol. The molecule has 2 amide bonds. The summed E-state index contributed by atoms with van der Waals surface area (Å²) < 4.78 is 16.3. The van der Waals surface area contributed by atoms with E-state index in [2.05, 4.69) is 30.7 Å². The number of urea groups is 1. The molecule has 3 aromatic heterocycles. The van der Waals surface area contributed by atoms with Gasteiger partial charge in [0.1, 0.15) is 5.69 Å². The van der Waals surface area contributed by atoms with Crippen LogP contribution in [0.15, 0.2) is 18.5 Å². The number of aliphatic hydroxyl groups excluding tert-OH is 1. The molecule has 1 saturated carbocycles. The second-order valence-electron chi connectivity index (χ2n) is 9.21. The van der Waals surface area contributed by atoms with Gasteiger partial charge in [0.25, 0.3) is 0 Å². The quantitative estimate of drug-likeness (QED) is 0.490. The lowest BCUT2D eigenvalue weighted by Gasteiger charge is -2.33. The van der Waals surface area contributed by atoms with E-state index >= 15 is 0 Å². The molecule has 1 saturated heterocycles. The van der Waals surface area contributed by atoms with Gasteiger partial charge in [0.2, 0.25) is 0 Å². The van der Waals surface area contributed by atoms with Crippen molar-refractivity contribution in [2.24, 2.45) is 7.05 Å². The number of halogens is 2. The number of hydrogen-bond acceptors (Lipinski definition) is 7. The maximum Gasteiger partial charge on any atom is 0.317 e. The maximum atomic E-state index is 14.7. The van der Waals surface area contributed by atoms with Crippen molar-refractivity contribution in [3.05, 3.63) is 29.3 Å². The summed E-state index contributed by atoms with van der Waals surface area (Å²) in [7, 11) is 1.76. The minimum Gasteiger partial charge on any atom is -0.394 e. The molecule has 3 aromatic rings. The summed E-state index contributed by atoms with van der Waals surface area (Å²) in [6.45, 7) is 0.634. The number of anilines is 1. The van der Waals surface area contributed by atoms with Gasteiger partial charge in [-0.25, -0.2) is 28.8 Å². The fourth-order valence-corrected chi connectivity index (χ4v) is 5.22. The zero-order chi connectivity index (χ0) is 24.5. The number of nitrogens with one attached hydrogen (secondary N) is 2. The zero-order valence-electron chi connectivity index (χ0n) is 19.4. The molecule has 12 heteroatoms. The third-order valence-electron chi connectivity index (χ3n) is 6.79. The van der Waals surface area contributed by atoms with Gasteiger partial charge in [0, 0.05) is 31.9 Å². The SMILES string of the molecule is Cn1nc(-c2ncc(F)c(N[C@H]3CCC[C@@H](NC(=O)N4CCC[C@H]4CO)C3)n2)c2cc(Cl)cnc21. The molecule has 0 radical (unpaired) electrons. The normalized spacial score (nSPS) is 22.5. The minimum absolute atomic E-state index is 0.0224. The second-order valence-corrected chi connectivity index (χ2v) is 9.65. The minimum atomic E-state index is -0.556. The first-order valence-electron chi connectivity index (χ1n) is 11.9. The summed E-state index contributed by atoms with van der Waals surface area (Å²) in [5.41, 5.74) is 1.09. The van der Waals surface area contributed by atoms with E-state index in [0.717, 1.165) is 38.3 Å². The number of aliphatic hydroxyl groups is 1. The van der Waals surface area contributed by atoms with Gasteiger partial charge < -0.3 is 20.6 Å². The van der Waals surface area contributed by atoms with Crippen molar-refractivity contribution in [1.29, 1.82) is 0 Å². The lowest BCUT2D eigenvalue weighted by Crippen LogP contribution is -2.50. The maximum absolute atomic E-state index is 14.7. The largest absolute Gasteiger partial charge is 0.394 e. The van der Waals surface area contributed by atoms with Gasteiger partial charge in [0.15, 0.2) is 23.1 Å². The molecule has 3 atom stereocenters. The molecule has 0 aromatic carbocycles. The Labute approximate surface area is 206 Å². The summed E-state index contributed by atoms with van der Waals surface area (Å²) in [6, 6.07) is 1.38. The lowest BCUT2D eigenvalue weighted by molar-refractivity contribution is 0.152. The first-order valence-corrected chi connectivity index (χ1v) is 12.3. The van der Waals surface area contributed by atoms with Crippen LogP contribution in [0.25, 0.3) is 22.6 Å². The van der Waals surface area contributed by atoms with Crippen molar-refractivity contribution in [3.8, 4) is 11.5 Å². The number of hydrogen-bond donors (Lipinski definition) is 3. The van der Waals surface area contributed by atoms with Crippen molar-refractivity contribution >= 4 is 34.5 Å². The summed E-state index contributed by atoms with van der Waals surface area (Å²) in [5, 5.41) is 21.4. The standard InChI is InChI=1S/C23H28ClFN8O2/c1-32-22-17(8-13(24)10-27-22)19(31-32)21-26-11-18(25)20(30-21)28-14-4-2-5-15(9-14)29-23(35)33-7-3-6-16(33)12-34/h8,10-11,14-16,34H,2-7,9,12H2,1H3,(H,29,35)(H,26,28,30)/t14-,15+,16-/m0/s1. The number of likely N-dealkylation sites (tertiary alicyclic amines) is 1. The van der Waals surface area contributed by atoms with E-state index < -0.39 is 5.82 Å². The van der Waals surface area contributed by atoms with Gasteiger partial charge >= 0.3 is 6.03 Å². The zero-order valence-corrected chi connectivity index (χ0v) is 20.2. The van der Waals surface area contributed by atoms with E-state index in [9.17, 15) is 14.3 Å². The molecule has 2 fully saturated rings. The Morgan fingerprint density at radius 2 is 2.06 bits per heavy atom. The summed E-state index contributed by atoms with van der Waals surface area (Å²) >= 11 is 6.12. The van der Waals surface area contributed by atoms with Gasteiger partial charge in [-0.05, 0) is 44.6 Å². The highest BCUT2D eigenvalue weighted by Gasteiger charge is 2.31. The molecule has 1 aliphatic heterocycles. The number of amides is 2. The molecule has 2 aliphatic rings. The first kappa shape index (κ1) is 23.7. The van der Waals surface area contributed by atoms with Crippen LogP contribution in [0.3, 0.4) is 0 Å². The summed E-state index contributed by atoms with van der Waals surface area (Å²) in [5.74, 6) is -0.187. The van der Waals surface area contributed by atoms with Crippen LogP contribution in [-0.4, -0.2) is 72.0 Å². The number of pyridine rings is 1. The van der Waals surface area contributed by atoms with Crippen LogP contribution in [0.4, 0.5) is 15.0 Å². The van der Waals surface area contributed by atoms with Gasteiger partial charge in [0.05, 0.1) is 29.3 Å². The summed E-state index contributed by atoms with van der Waals surface area (Å²) in [4.78, 5) is 27.3. The Hall–Kier alpha value is -3.05. The molecule has 0 unspecified atom stereocenters. The van der Waals surface area contributed by atoms with Crippen molar-refractivity contribution in [1.82, 2.24) is 34.9 Å². The number of carbonyl (C=O) groups is 1. The highest BCUT2D eigenvalue weighted by atomic mass is 35.5. The second kappa shape index (κ2) is 9.90. The molecule has 3 N–H and O–H groups in total. The van der Waals surface area contributed by atoms with E-state index in [1.807, 2.05) is 0 Å². The van der Waals surface area contributed by atoms with Crippen LogP contribution >= 0.6 is 11.6 Å². The first-order chi connectivity index (χ1) is 16.9. The average Bonchev–Trinajstić information content (AvgIpc) is 3.45. The smallest absolute Gasteiger partial charge is 0.317 e. The Balaban J connectivity index is 1.30. The highest BCUT2D eigenvalue weighted by Crippen LogP contribution is 2.29. The number of rotatable bonds is 5. The lowest BCUT2D eigenvalue weighted by atomic mass is 9.91. The number of fused-ring (bicyclic) bond motifs is 1. The highest BCUT2D eigenvalue weighted by molar-refractivity contribution is 6.31. The predicted octanol–water partition coefficient (Wildman–Crippen LogP) is 3.11. The molecule has 0 bridgehead atoms. The third-order valence-corrected chi connectivity index (χ3v) is 7.00. The topological polar surface area (TPSA) is 121 Å². The van der Waals surface area contributed by atoms with Crippen molar-refractivity contribution in [3.63, 3.8) is 0 Å². The van der Waals surface area contributed by atoms with Crippen molar-refractivity contribution < 1.29 is 14.3 Å². The fraction of sp³-hybridized carbons (Fsp3) is 0.522.